The van der Waals surface area contributed by atoms with Gasteiger partial charge in [0.05, 0.1) is 10.8 Å². The van der Waals surface area contributed by atoms with Crippen LogP contribution in [0.25, 0.3) is 0 Å². The lowest BCUT2D eigenvalue weighted by Gasteiger charge is -2.07. The maximum absolute atomic E-state index is 11.7. The highest BCUT2D eigenvalue weighted by molar-refractivity contribution is 7.86. The minimum absolute atomic E-state index is 0.142. The summed E-state index contributed by atoms with van der Waals surface area (Å²) in [4.78, 5) is 9.55. The molecule has 0 aliphatic rings. The minimum atomic E-state index is -4.09. The predicted molar refractivity (Wildman–Crippen MR) is 66.0 cm³/mol. The van der Waals surface area contributed by atoms with Crippen molar-refractivity contribution in [1.82, 2.24) is 0 Å². The lowest BCUT2D eigenvalue weighted by atomic mass is 10.3. The van der Waals surface area contributed by atoms with E-state index in [-0.39, 0.29) is 22.2 Å². The van der Waals surface area contributed by atoms with Gasteiger partial charge in [0.1, 0.15) is 10.7 Å². The van der Waals surface area contributed by atoms with Crippen LogP contribution in [0.5, 0.6) is 0 Å². The van der Waals surface area contributed by atoms with E-state index in [1.165, 1.54) is 0 Å². The first-order valence-electron chi connectivity index (χ1n) is 4.45. The molecule has 0 amide bonds. The van der Waals surface area contributed by atoms with Crippen LogP contribution < -0.4 is 0 Å². The average Bonchev–Trinajstić information content (AvgIpc) is 2.36. The molecule has 0 bridgehead atoms. The zero-order valence-electron chi connectivity index (χ0n) is 8.75. The topological polar surface area (TPSA) is 86.5 Å². The third kappa shape index (κ3) is 3.59. The van der Waals surface area contributed by atoms with Crippen molar-refractivity contribution in [2.24, 2.45) is 0 Å². The van der Waals surface area contributed by atoms with Gasteiger partial charge < -0.3 is 4.18 Å². The summed E-state index contributed by atoms with van der Waals surface area (Å²) in [6.45, 7) is 0. The van der Waals surface area contributed by atoms with E-state index in [4.69, 9.17) is 23.2 Å². The maximum atomic E-state index is 11.7. The van der Waals surface area contributed by atoms with Crippen molar-refractivity contribution in [3.8, 4) is 0 Å². The van der Waals surface area contributed by atoms with Crippen LogP contribution in [0.15, 0.2) is 40.5 Å². The van der Waals surface area contributed by atoms with Crippen molar-refractivity contribution in [2.45, 2.75) is 4.90 Å². The average molecular weight is 312 g/mol. The van der Waals surface area contributed by atoms with Gasteiger partial charge in [-0.3, -0.25) is 10.1 Å². The Kier molecular flexibility index (Phi) is 4.94. The second-order valence-electron chi connectivity index (χ2n) is 3.00. The van der Waals surface area contributed by atoms with Gasteiger partial charge in [-0.2, -0.15) is 8.42 Å². The molecular formula is C9H7Cl2NO5S. The molecule has 6 nitrogen and oxygen atoms in total. The Balaban J connectivity index is 3.02. The van der Waals surface area contributed by atoms with Crippen LogP contribution in [0.1, 0.15) is 0 Å². The number of non-ortho nitro benzene ring substituents is 1. The minimum Gasteiger partial charge on any atom is -0.381 e. The lowest BCUT2D eigenvalue weighted by molar-refractivity contribution is -0.384. The predicted octanol–water partition coefficient (Wildman–Crippen LogP) is 2.62. The van der Waals surface area contributed by atoms with Gasteiger partial charge in [0.15, 0.2) is 0 Å². The summed E-state index contributed by atoms with van der Waals surface area (Å²) >= 11 is 10.7. The van der Waals surface area contributed by atoms with Gasteiger partial charge >= 0.3 is 10.1 Å². The molecule has 0 aromatic heterocycles. The number of hydrogen-bond donors (Lipinski definition) is 0. The molecule has 0 saturated heterocycles. The van der Waals surface area contributed by atoms with Gasteiger partial charge in [-0.1, -0.05) is 11.6 Å². The number of benzene rings is 1. The summed E-state index contributed by atoms with van der Waals surface area (Å²) in [6, 6.07) is 4.24. The molecule has 18 heavy (non-hydrogen) atoms. The standard InChI is InChI=1S/C9H7Cl2NO5S/c10-5-8(6-11)17-18(15,16)9-3-1-7(2-4-9)12(13)14/h1-5H,6H2/b8-5+. The number of nitro groups is 1. The molecular weight excluding hydrogens is 305 g/mol. The summed E-state index contributed by atoms with van der Waals surface area (Å²) in [5.41, 5.74) is 0.676. The van der Waals surface area contributed by atoms with Gasteiger partial charge in [0.2, 0.25) is 0 Å². The van der Waals surface area contributed by atoms with Crippen molar-refractivity contribution in [1.29, 1.82) is 0 Å². The Hall–Kier alpha value is -1.31. The Morgan fingerprint density at radius 2 is 1.94 bits per heavy atom. The fraction of sp³-hybridized carbons (Fsp3) is 0.111. The molecule has 98 valence electrons. The lowest BCUT2D eigenvalue weighted by Crippen LogP contribution is -2.07. The van der Waals surface area contributed by atoms with Gasteiger partial charge in [-0.25, -0.2) is 0 Å². The van der Waals surface area contributed by atoms with Gasteiger partial charge in [0, 0.05) is 17.7 Å². The van der Waals surface area contributed by atoms with Crippen molar-refractivity contribution < 1.29 is 17.5 Å². The van der Waals surface area contributed by atoms with Gasteiger partial charge in [-0.05, 0) is 12.1 Å². The van der Waals surface area contributed by atoms with Crippen LogP contribution in [0, 0.1) is 10.1 Å². The first-order chi connectivity index (χ1) is 8.40. The number of nitro benzene ring substituents is 1. The highest BCUT2D eigenvalue weighted by Gasteiger charge is 2.18. The highest BCUT2D eigenvalue weighted by Crippen LogP contribution is 2.20. The molecule has 1 rings (SSSR count). The van der Waals surface area contributed by atoms with Crippen LogP contribution in [-0.4, -0.2) is 19.2 Å². The third-order valence-electron chi connectivity index (χ3n) is 1.81. The molecule has 0 N–H and O–H groups in total. The molecule has 0 unspecified atom stereocenters. The fourth-order valence-corrected chi connectivity index (χ4v) is 2.40. The van der Waals surface area contributed by atoms with Gasteiger partial charge in [0.25, 0.3) is 5.69 Å². The van der Waals surface area contributed by atoms with Gasteiger partial charge in [-0.15, -0.1) is 11.6 Å². The molecule has 0 aliphatic carbocycles. The number of allylic oxidation sites excluding steroid dienone is 1. The molecule has 0 saturated carbocycles. The summed E-state index contributed by atoms with van der Waals surface area (Å²) < 4.78 is 28.0. The quantitative estimate of drug-likeness (QED) is 0.274. The zero-order chi connectivity index (χ0) is 13.8. The van der Waals surface area contributed by atoms with Crippen LogP contribution in [0.3, 0.4) is 0 Å². The van der Waals surface area contributed by atoms with Crippen LogP contribution in [0.4, 0.5) is 5.69 Å². The zero-order valence-corrected chi connectivity index (χ0v) is 11.1. The Bertz CT molecular complexity index is 567. The number of nitrogens with zero attached hydrogens (tertiary/aromatic N) is 1. The molecule has 0 fully saturated rings. The monoisotopic (exact) mass is 311 g/mol. The second-order valence-corrected chi connectivity index (χ2v) is 5.03. The molecule has 1 aromatic carbocycles. The largest absolute Gasteiger partial charge is 0.381 e. The maximum Gasteiger partial charge on any atom is 0.338 e. The molecule has 9 heteroatoms. The van der Waals surface area contributed by atoms with Crippen LogP contribution in [0.2, 0.25) is 0 Å². The summed E-state index contributed by atoms with van der Waals surface area (Å²) in [7, 11) is -4.09. The van der Waals surface area contributed by atoms with E-state index >= 15 is 0 Å². The van der Waals surface area contributed by atoms with Crippen LogP contribution >= 0.6 is 23.2 Å². The molecule has 0 radical (unpaired) electrons. The van der Waals surface area contributed by atoms with Crippen molar-refractivity contribution >= 4 is 39.0 Å². The molecule has 0 atom stereocenters. The van der Waals surface area contributed by atoms with E-state index in [1.54, 1.807) is 0 Å². The number of alkyl halides is 1. The second kappa shape index (κ2) is 6.03. The Morgan fingerprint density at radius 3 is 2.33 bits per heavy atom. The van der Waals surface area contributed by atoms with E-state index in [0.717, 1.165) is 29.8 Å². The summed E-state index contributed by atoms with van der Waals surface area (Å²) in [5.74, 6) is -0.355. The highest BCUT2D eigenvalue weighted by atomic mass is 35.5. The SMILES string of the molecule is O=[N+]([O-])c1ccc(S(=O)(=O)O/C(=C/Cl)CCl)cc1. The summed E-state index contributed by atoms with van der Waals surface area (Å²) in [6.07, 6.45) is 0. The van der Waals surface area contributed by atoms with E-state index in [1.807, 2.05) is 0 Å². The molecule has 0 aliphatic heterocycles. The normalized spacial score (nSPS) is 12.2. The van der Waals surface area contributed by atoms with E-state index in [9.17, 15) is 18.5 Å². The van der Waals surface area contributed by atoms with Crippen molar-refractivity contribution in [2.75, 3.05) is 5.88 Å². The smallest absolute Gasteiger partial charge is 0.338 e. The summed E-state index contributed by atoms with van der Waals surface area (Å²) in [5, 5.41) is 10.4. The van der Waals surface area contributed by atoms with E-state index in [2.05, 4.69) is 4.18 Å². The number of hydrogen-bond acceptors (Lipinski definition) is 5. The molecule has 0 heterocycles. The van der Waals surface area contributed by atoms with Crippen molar-refractivity contribution in [3.05, 3.63) is 45.7 Å². The Morgan fingerprint density at radius 1 is 1.39 bits per heavy atom. The fourth-order valence-electron chi connectivity index (χ4n) is 0.993. The van der Waals surface area contributed by atoms with E-state index in [0.29, 0.717) is 0 Å². The number of halogens is 2. The first kappa shape index (κ1) is 14.7. The first-order valence-corrected chi connectivity index (χ1v) is 6.83. The van der Waals surface area contributed by atoms with Crippen LogP contribution in [-0.2, 0) is 14.3 Å². The third-order valence-corrected chi connectivity index (χ3v) is 3.60. The molecule has 1 aromatic rings. The molecule has 0 spiro atoms. The Labute approximate surface area is 113 Å². The van der Waals surface area contributed by atoms with Crippen molar-refractivity contribution in [3.63, 3.8) is 0 Å². The van der Waals surface area contributed by atoms with E-state index < -0.39 is 15.0 Å². The number of rotatable bonds is 5.